The number of carbonyl (C=O) groups is 2. The Labute approximate surface area is 159 Å². The number of aliphatic carboxylic acids is 1. The summed E-state index contributed by atoms with van der Waals surface area (Å²) < 4.78 is 0. The molecule has 0 aliphatic carbocycles. The monoisotopic (exact) mass is 379 g/mol. The normalized spacial score (nSPS) is 12.1. The van der Waals surface area contributed by atoms with E-state index in [-0.39, 0.29) is 12.1 Å². The maximum atomic E-state index is 12.1. The first-order chi connectivity index (χ1) is 13.4. The van der Waals surface area contributed by atoms with Gasteiger partial charge in [0.1, 0.15) is 6.04 Å². The van der Waals surface area contributed by atoms with Crippen LogP contribution in [0.25, 0.3) is 17.0 Å². The Kier molecular flexibility index (Phi) is 5.50. The van der Waals surface area contributed by atoms with Crippen LogP contribution < -0.4 is 5.32 Å². The maximum Gasteiger partial charge on any atom is 0.326 e. The third-order valence-electron chi connectivity index (χ3n) is 4.24. The summed E-state index contributed by atoms with van der Waals surface area (Å²) in [6.45, 7) is 0. The number of amides is 1. The molecule has 3 rings (SSSR count). The molecule has 28 heavy (non-hydrogen) atoms. The van der Waals surface area contributed by atoms with Crippen LogP contribution in [0.2, 0.25) is 0 Å². The smallest absolute Gasteiger partial charge is 0.326 e. The molecule has 0 radical (unpaired) electrons. The molecule has 0 saturated heterocycles. The fourth-order valence-electron chi connectivity index (χ4n) is 2.82. The molecule has 3 N–H and O–H groups in total. The third kappa shape index (κ3) is 4.42. The Balaban J connectivity index is 1.67. The number of H-pyrrole nitrogens is 1. The molecule has 1 unspecified atom stereocenters. The van der Waals surface area contributed by atoms with E-state index in [0.717, 1.165) is 16.5 Å². The Hall–Kier alpha value is -3.94. The lowest BCUT2D eigenvalue weighted by Crippen LogP contribution is -2.41. The number of fused-ring (bicyclic) bond motifs is 1. The van der Waals surface area contributed by atoms with Crippen molar-refractivity contribution in [2.45, 2.75) is 12.5 Å². The molecule has 0 spiro atoms. The summed E-state index contributed by atoms with van der Waals surface area (Å²) in [6.07, 6.45) is 4.53. The van der Waals surface area contributed by atoms with E-state index in [1.807, 2.05) is 24.3 Å². The van der Waals surface area contributed by atoms with Crippen LogP contribution in [-0.4, -0.2) is 32.9 Å². The van der Waals surface area contributed by atoms with Crippen molar-refractivity contribution in [2.75, 3.05) is 0 Å². The summed E-state index contributed by atoms with van der Waals surface area (Å²) in [4.78, 5) is 36.9. The first-order valence-corrected chi connectivity index (χ1v) is 8.45. The van der Waals surface area contributed by atoms with E-state index < -0.39 is 22.8 Å². The molecule has 1 amide bonds. The highest BCUT2D eigenvalue weighted by molar-refractivity contribution is 5.94. The van der Waals surface area contributed by atoms with Crippen molar-refractivity contribution in [2.24, 2.45) is 0 Å². The Bertz CT molecular complexity index is 1050. The van der Waals surface area contributed by atoms with Crippen LogP contribution in [0.1, 0.15) is 11.1 Å². The van der Waals surface area contributed by atoms with Gasteiger partial charge in [0.05, 0.1) is 4.92 Å². The van der Waals surface area contributed by atoms with Gasteiger partial charge >= 0.3 is 5.97 Å². The van der Waals surface area contributed by atoms with Crippen LogP contribution in [0, 0.1) is 10.1 Å². The molecule has 0 bridgehead atoms. The number of nitro benzene ring substituents is 1. The minimum atomic E-state index is -1.14. The fraction of sp³-hybridized carbons (Fsp3) is 0.100. The Morgan fingerprint density at radius 2 is 1.89 bits per heavy atom. The van der Waals surface area contributed by atoms with Crippen molar-refractivity contribution < 1.29 is 19.6 Å². The van der Waals surface area contributed by atoms with Gasteiger partial charge in [-0.3, -0.25) is 14.9 Å². The number of aromatic nitrogens is 1. The third-order valence-corrected chi connectivity index (χ3v) is 4.24. The second kappa shape index (κ2) is 8.17. The van der Waals surface area contributed by atoms with Gasteiger partial charge in [-0.1, -0.05) is 18.2 Å². The molecule has 0 saturated carbocycles. The number of nitrogens with zero attached hydrogens (tertiary/aromatic N) is 1. The summed E-state index contributed by atoms with van der Waals surface area (Å²) in [5.74, 6) is -1.70. The van der Waals surface area contributed by atoms with Gasteiger partial charge in [-0.15, -0.1) is 0 Å². The van der Waals surface area contributed by atoms with Gasteiger partial charge in [0, 0.05) is 41.7 Å². The van der Waals surface area contributed by atoms with Crippen molar-refractivity contribution in [3.8, 4) is 0 Å². The van der Waals surface area contributed by atoms with Crippen molar-refractivity contribution in [1.29, 1.82) is 0 Å². The zero-order chi connectivity index (χ0) is 20.1. The highest BCUT2D eigenvalue weighted by Crippen LogP contribution is 2.19. The van der Waals surface area contributed by atoms with Gasteiger partial charge in [0.2, 0.25) is 5.91 Å². The lowest BCUT2D eigenvalue weighted by molar-refractivity contribution is -0.384. The number of aromatic amines is 1. The number of para-hydroxylation sites is 1. The Morgan fingerprint density at radius 3 is 2.57 bits per heavy atom. The molecular weight excluding hydrogens is 362 g/mol. The number of benzene rings is 2. The molecule has 1 aromatic heterocycles. The molecule has 0 aliphatic heterocycles. The van der Waals surface area contributed by atoms with Crippen LogP contribution >= 0.6 is 0 Å². The van der Waals surface area contributed by atoms with E-state index in [1.54, 1.807) is 6.20 Å². The van der Waals surface area contributed by atoms with Gasteiger partial charge in [0.25, 0.3) is 5.69 Å². The highest BCUT2D eigenvalue weighted by atomic mass is 16.6. The number of carboxylic acid groups (broad SMARTS) is 1. The molecule has 0 fully saturated rings. The summed E-state index contributed by atoms with van der Waals surface area (Å²) in [7, 11) is 0. The van der Waals surface area contributed by atoms with E-state index >= 15 is 0 Å². The molecular formula is C20H17N3O5. The molecule has 1 heterocycles. The van der Waals surface area contributed by atoms with Crippen molar-refractivity contribution in [1.82, 2.24) is 10.3 Å². The average Bonchev–Trinajstić information content (AvgIpc) is 3.09. The number of carboxylic acids is 1. The van der Waals surface area contributed by atoms with Crippen LogP contribution in [0.3, 0.4) is 0 Å². The molecule has 2 aromatic carbocycles. The van der Waals surface area contributed by atoms with Crippen molar-refractivity contribution in [3.63, 3.8) is 0 Å². The number of nitro groups is 1. The van der Waals surface area contributed by atoms with Crippen molar-refractivity contribution >= 4 is 34.5 Å². The first-order valence-electron chi connectivity index (χ1n) is 8.45. The largest absolute Gasteiger partial charge is 0.480 e. The fourth-order valence-corrected chi connectivity index (χ4v) is 2.82. The number of hydrogen-bond acceptors (Lipinski definition) is 4. The van der Waals surface area contributed by atoms with Gasteiger partial charge < -0.3 is 15.4 Å². The molecule has 1 atom stereocenters. The van der Waals surface area contributed by atoms with Crippen LogP contribution in [-0.2, 0) is 16.0 Å². The van der Waals surface area contributed by atoms with E-state index in [0.29, 0.717) is 5.56 Å². The summed E-state index contributed by atoms with van der Waals surface area (Å²) in [6, 6.07) is 12.1. The highest BCUT2D eigenvalue weighted by Gasteiger charge is 2.21. The van der Waals surface area contributed by atoms with Gasteiger partial charge in [0.15, 0.2) is 0 Å². The molecule has 3 aromatic rings. The number of hydrogen-bond donors (Lipinski definition) is 3. The number of carbonyl (C=O) groups excluding carboxylic acids is 1. The lowest BCUT2D eigenvalue weighted by atomic mass is 10.0. The van der Waals surface area contributed by atoms with Crippen LogP contribution in [0.5, 0.6) is 0 Å². The predicted molar refractivity (Wildman–Crippen MR) is 104 cm³/mol. The minimum absolute atomic E-state index is 0.0497. The summed E-state index contributed by atoms with van der Waals surface area (Å²) >= 11 is 0. The van der Waals surface area contributed by atoms with E-state index in [1.165, 1.54) is 36.4 Å². The zero-order valence-electron chi connectivity index (χ0n) is 14.7. The van der Waals surface area contributed by atoms with Crippen LogP contribution in [0.15, 0.2) is 60.8 Å². The van der Waals surface area contributed by atoms with Gasteiger partial charge in [-0.25, -0.2) is 4.79 Å². The average molecular weight is 379 g/mol. The predicted octanol–water partition coefficient (Wildman–Crippen LogP) is 2.90. The minimum Gasteiger partial charge on any atom is -0.480 e. The second-order valence-corrected chi connectivity index (χ2v) is 6.15. The molecule has 8 nitrogen and oxygen atoms in total. The quantitative estimate of drug-likeness (QED) is 0.331. The van der Waals surface area contributed by atoms with E-state index in [9.17, 15) is 24.8 Å². The number of non-ortho nitro benzene ring substituents is 1. The zero-order valence-corrected chi connectivity index (χ0v) is 14.7. The maximum absolute atomic E-state index is 12.1. The first kappa shape index (κ1) is 18.8. The van der Waals surface area contributed by atoms with Gasteiger partial charge in [-0.05, 0) is 35.4 Å². The van der Waals surface area contributed by atoms with Crippen molar-refractivity contribution in [3.05, 3.63) is 82.0 Å². The van der Waals surface area contributed by atoms with E-state index in [2.05, 4.69) is 10.3 Å². The number of rotatable bonds is 7. The van der Waals surface area contributed by atoms with Crippen LogP contribution in [0.4, 0.5) is 5.69 Å². The standard InChI is InChI=1S/C20H17N3O5/c24-19(10-7-13-5-8-15(9-6-13)23(27)28)22-18(20(25)26)11-14-12-21-17-4-2-1-3-16(14)17/h1-10,12,18,21H,11H2,(H,22,24)(H,25,26)/b10-7+. The molecule has 8 heteroatoms. The molecule has 142 valence electrons. The Morgan fingerprint density at radius 1 is 1.18 bits per heavy atom. The second-order valence-electron chi connectivity index (χ2n) is 6.15. The SMILES string of the molecule is O=C(/C=C/c1ccc([N+](=O)[O-])cc1)NC(Cc1c[nH]c2ccccc12)C(=O)O. The number of nitrogens with one attached hydrogen (secondary N) is 2. The lowest BCUT2D eigenvalue weighted by Gasteiger charge is -2.12. The topological polar surface area (TPSA) is 125 Å². The van der Waals surface area contributed by atoms with E-state index in [4.69, 9.17) is 0 Å². The molecule has 0 aliphatic rings. The summed E-state index contributed by atoms with van der Waals surface area (Å²) in [5, 5.41) is 23.5. The summed E-state index contributed by atoms with van der Waals surface area (Å²) in [5.41, 5.74) is 2.23. The van der Waals surface area contributed by atoms with Gasteiger partial charge in [-0.2, -0.15) is 0 Å².